The summed E-state index contributed by atoms with van der Waals surface area (Å²) in [6.07, 6.45) is 55.1. The highest BCUT2D eigenvalue weighted by molar-refractivity contribution is 7.30. The molecule has 3 aromatic heterocycles. The lowest BCUT2D eigenvalue weighted by atomic mass is 9.70. The van der Waals surface area contributed by atoms with Crippen LogP contribution in [0.15, 0.2) is 109 Å². The molecule has 94 heavy (non-hydrogen) atoms. The van der Waals surface area contributed by atoms with Crippen molar-refractivity contribution in [2.24, 2.45) is 0 Å². The normalized spacial score (nSPS) is 13.7. The fourth-order valence-electron chi connectivity index (χ4n) is 17.4. The van der Waals surface area contributed by atoms with Gasteiger partial charge >= 0.3 is 0 Å². The molecular formula is C90H120N2S2. The Morgan fingerprint density at radius 2 is 0.585 bits per heavy atom. The molecule has 9 aromatic rings. The van der Waals surface area contributed by atoms with Crippen molar-refractivity contribution in [3.8, 4) is 43.1 Å². The van der Waals surface area contributed by atoms with E-state index in [9.17, 15) is 0 Å². The second-order valence-corrected chi connectivity index (χ2v) is 31.7. The SMILES string of the molecule is CCCCCCCCCCCCc1cc2nc3c4cc(-c5ccc6c(c5)C(CCCCCC)(CCCCCC)c5ccccc5-6)sc4c4sc(-c5ccc6c(c5)C(CCCCCC)(CCCCCC)c5ccccc5-6)cc4c3nc2cc1CCCCCCCCCCCC. The molecule has 6 aromatic carbocycles. The lowest BCUT2D eigenvalue weighted by Crippen LogP contribution is -2.25. The maximum atomic E-state index is 5.93. The number of thiophene rings is 2. The molecule has 4 heteroatoms. The zero-order valence-electron chi connectivity index (χ0n) is 59.8. The van der Waals surface area contributed by atoms with Crippen LogP contribution in [0.2, 0.25) is 0 Å². The van der Waals surface area contributed by atoms with E-state index in [-0.39, 0.29) is 10.8 Å². The standard InChI is InChI=1S/C90H120N2S2/c1-7-13-19-25-27-29-31-33-35-37-47-67-63-81-82(64-68(67)48-38-36-34-32-30-28-26-20-14-8-2)92-86-76-66-84(70-54-56-74-72-50-40-42-52-78(72)90(80(74)62-70,59-45-23-17-11-5)60-46-24-18-12-6)94-88(76)87-75(85(86)91-81)65-83(93-87)69-53-55-73-71-49-39-41-51-77(71)89(79(73)61-69,57-43-21-15-9-3)58-44-22-16-10-4/h39-42,49-56,61-66H,7-38,43-48,57-60H2,1-6H3. The van der Waals surface area contributed by atoms with E-state index in [1.54, 1.807) is 22.3 Å². The first-order chi connectivity index (χ1) is 46.4. The second kappa shape index (κ2) is 35.4. The molecule has 2 aliphatic rings. The molecule has 0 aliphatic heterocycles. The van der Waals surface area contributed by atoms with Gasteiger partial charge in [0.15, 0.2) is 0 Å². The smallest absolute Gasteiger partial charge is 0.0988 e. The summed E-state index contributed by atoms with van der Waals surface area (Å²) in [5, 5.41) is 2.54. The van der Waals surface area contributed by atoms with Crippen LogP contribution in [0.4, 0.5) is 0 Å². The highest BCUT2D eigenvalue weighted by Gasteiger charge is 2.44. The molecule has 0 atom stereocenters. The van der Waals surface area contributed by atoms with Crippen LogP contribution in [0.1, 0.15) is 332 Å². The van der Waals surface area contributed by atoms with Crippen molar-refractivity contribution in [1.82, 2.24) is 9.97 Å². The van der Waals surface area contributed by atoms with Crippen molar-refractivity contribution in [3.05, 3.63) is 143 Å². The second-order valence-electron chi connectivity index (χ2n) is 29.6. The number of aryl methyl sites for hydroxylation is 2. The van der Waals surface area contributed by atoms with E-state index in [2.05, 4.69) is 151 Å². The highest BCUT2D eigenvalue weighted by Crippen LogP contribution is 2.58. The molecule has 0 bridgehead atoms. The van der Waals surface area contributed by atoms with Gasteiger partial charge in [-0.15, -0.1) is 22.7 Å². The van der Waals surface area contributed by atoms with Gasteiger partial charge in [-0.05, 0) is 155 Å². The van der Waals surface area contributed by atoms with Gasteiger partial charge in [0, 0.05) is 31.4 Å². The van der Waals surface area contributed by atoms with Crippen molar-refractivity contribution < 1.29 is 0 Å². The zero-order valence-corrected chi connectivity index (χ0v) is 61.4. The summed E-state index contributed by atoms with van der Waals surface area (Å²) < 4.78 is 2.74. The van der Waals surface area contributed by atoms with E-state index in [1.165, 1.54) is 331 Å². The largest absolute Gasteiger partial charge is 0.244 e. The predicted molar refractivity (Wildman–Crippen MR) is 417 cm³/mol. The molecule has 0 amide bonds. The molecule has 0 spiro atoms. The summed E-state index contributed by atoms with van der Waals surface area (Å²) >= 11 is 4.03. The Hall–Kier alpha value is -5.16. The van der Waals surface area contributed by atoms with E-state index in [4.69, 9.17) is 9.97 Å². The molecule has 2 nitrogen and oxygen atoms in total. The predicted octanol–water partition coefficient (Wildman–Crippen LogP) is 29.9. The Kier molecular flexibility index (Phi) is 26.4. The van der Waals surface area contributed by atoms with Crippen molar-refractivity contribution in [3.63, 3.8) is 0 Å². The topological polar surface area (TPSA) is 25.8 Å². The Bertz CT molecular complexity index is 3560. The summed E-state index contributed by atoms with van der Waals surface area (Å²) in [6.45, 7) is 14.1. The van der Waals surface area contributed by atoms with Crippen LogP contribution >= 0.6 is 22.7 Å². The van der Waals surface area contributed by atoms with Gasteiger partial charge in [-0.25, -0.2) is 9.97 Å². The van der Waals surface area contributed by atoms with Gasteiger partial charge < -0.3 is 0 Å². The van der Waals surface area contributed by atoms with Crippen LogP contribution in [0.3, 0.4) is 0 Å². The van der Waals surface area contributed by atoms with Gasteiger partial charge in [-0.1, -0.05) is 333 Å². The molecule has 0 saturated carbocycles. The minimum atomic E-state index is 0.0327. The van der Waals surface area contributed by atoms with Crippen LogP contribution in [0, 0.1) is 0 Å². The molecule has 0 N–H and O–H groups in total. The van der Waals surface area contributed by atoms with Crippen molar-refractivity contribution >= 4 is 64.9 Å². The van der Waals surface area contributed by atoms with Gasteiger partial charge in [-0.3, -0.25) is 0 Å². The van der Waals surface area contributed by atoms with Gasteiger partial charge in [-0.2, -0.15) is 0 Å². The third-order valence-corrected chi connectivity index (χ3v) is 25.2. The molecule has 3 heterocycles. The number of fused-ring (bicyclic) bond motifs is 13. The quantitative estimate of drug-likeness (QED) is 0.0281. The third-order valence-electron chi connectivity index (χ3n) is 22.7. The summed E-state index contributed by atoms with van der Waals surface area (Å²) in [4.78, 5) is 14.6. The van der Waals surface area contributed by atoms with Crippen LogP contribution in [0.25, 0.3) is 85.4 Å². The lowest BCUT2D eigenvalue weighted by molar-refractivity contribution is 0.401. The number of rotatable bonds is 44. The molecule has 502 valence electrons. The maximum Gasteiger partial charge on any atom is 0.0988 e. The van der Waals surface area contributed by atoms with Gasteiger partial charge in [0.1, 0.15) is 0 Å². The van der Waals surface area contributed by atoms with Gasteiger partial charge in [0.05, 0.1) is 31.5 Å². The number of aromatic nitrogens is 2. The molecule has 0 radical (unpaired) electrons. The first kappa shape index (κ1) is 70.2. The Morgan fingerprint density at radius 3 is 0.926 bits per heavy atom. The molecule has 0 fully saturated rings. The Balaban J connectivity index is 1.02. The zero-order chi connectivity index (χ0) is 65.0. The minimum absolute atomic E-state index is 0.0327. The highest BCUT2D eigenvalue weighted by atomic mass is 32.1. The monoisotopic (exact) mass is 1290 g/mol. The fraction of sp³-hybridized carbons (Fsp3) is 0.556. The lowest BCUT2D eigenvalue weighted by Gasteiger charge is -2.33. The van der Waals surface area contributed by atoms with E-state index in [1.807, 2.05) is 22.7 Å². The van der Waals surface area contributed by atoms with Crippen LogP contribution in [-0.4, -0.2) is 9.97 Å². The summed E-state index contributed by atoms with van der Waals surface area (Å²) in [5.74, 6) is 0. The number of unbranched alkanes of at least 4 members (excludes halogenated alkanes) is 30. The average Bonchev–Trinajstić information content (AvgIpc) is 1.56. The van der Waals surface area contributed by atoms with Crippen molar-refractivity contribution in [2.75, 3.05) is 0 Å². The Labute approximate surface area is 578 Å². The number of hydrogen-bond donors (Lipinski definition) is 0. The van der Waals surface area contributed by atoms with E-state index >= 15 is 0 Å². The molecule has 0 unspecified atom stereocenters. The van der Waals surface area contributed by atoms with Gasteiger partial charge in [0.2, 0.25) is 0 Å². The summed E-state index contributed by atoms with van der Waals surface area (Å²) in [5.41, 5.74) is 22.3. The Morgan fingerprint density at radius 1 is 0.287 bits per heavy atom. The van der Waals surface area contributed by atoms with Crippen LogP contribution < -0.4 is 0 Å². The fourth-order valence-corrected chi connectivity index (χ4v) is 19.8. The van der Waals surface area contributed by atoms with E-state index in [0.29, 0.717) is 0 Å². The van der Waals surface area contributed by atoms with Crippen LogP contribution in [-0.2, 0) is 23.7 Å². The molecule has 2 aliphatic carbocycles. The average molecular weight is 1290 g/mol. The first-order valence-corrected chi connectivity index (χ1v) is 41.1. The van der Waals surface area contributed by atoms with Crippen molar-refractivity contribution in [2.45, 2.75) is 322 Å². The number of nitrogens with zero attached hydrogens (tertiary/aromatic N) is 2. The molecule has 0 saturated heterocycles. The molecular weight excluding hydrogens is 1170 g/mol. The van der Waals surface area contributed by atoms with E-state index in [0.717, 1.165) is 34.9 Å². The van der Waals surface area contributed by atoms with Gasteiger partial charge in [0.25, 0.3) is 0 Å². The number of benzene rings is 6. The minimum Gasteiger partial charge on any atom is -0.244 e. The number of hydrogen-bond acceptors (Lipinski definition) is 4. The first-order valence-electron chi connectivity index (χ1n) is 39.5. The van der Waals surface area contributed by atoms with Crippen molar-refractivity contribution in [1.29, 1.82) is 0 Å². The third kappa shape index (κ3) is 16.2. The molecule has 11 rings (SSSR count). The maximum absolute atomic E-state index is 5.93. The van der Waals surface area contributed by atoms with Crippen LogP contribution in [0.5, 0.6) is 0 Å². The summed E-state index contributed by atoms with van der Waals surface area (Å²) in [6, 6.07) is 44.5. The van der Waals surface area contributed by atoms with E-state index < -0.39 is 0 Å². The summed E-state index contributed by atoms with van der Waals surface area (Å²) in [7, 11) is 0.